The lowest BCUT2D eigenvalue weighted by Gasteiger charge is -2.19. The number of ether oxygens (including phenoxy) is 2. The Morgan fingerprint density at radius 2 is 1.63 bits per heavy atom. The second kappa shape index (κ2) is 8.47. The van der Waals surface area contributed by atoms with E-state index in [0.717, 1.165) is 36.0 Å². The van der Waals surface area contributed by atoms with Gasteiger partial charge in [0.25, 0.3) is 0 Å². The molecule has 0 saturated heterocycles. The van der Waals surface area contributed by atoms with Gasteiger partial charge in [0.2, 0.25) is 6.79 Å². The van der Waals surface area contributed by atoms with Crippen LogP contribution in [-0.2, 0) is 6.54 Å². The van der Waals surface area contributed by atoms with Gasteiger partial charge in [0.1, 0.15) is 0 Å². The minimum atomic E-state index is 0.303. The number of rotatable bonds is 7. The van der Waals surface area contributed by atoms with E-state index in [1.54, 1.807) is 0 Å². The molecule has 3 aromatic rings. The molecule has 27 heavy (non-hydrogen) atoms. The first-order valence-corrected chi connectivity index (χ1v) is 9.57. The van der Waals surface area contributed by atoms with E-state index in [1.165, 1.54) is 16.7 Å². The van der Waals surface area contributed by atoms with Crippen LogP contribution in [0.2, 0.25) is 5.02 Å². The van der Waals surface area contributed by atoms with Gasteiger partial charge < -0.3 is 14.8 Å². The molecule has 1 N–H and O–H groups in total. The number of hydrogen-bond donors (Lipinski definition) is 1. The number of hydrogen-bond acceptors (Lipinski definition) is 3. The Morgan fingerprint density at radius 1 is 0.852 bits per heavy atom. The fourth-order valence-electron chi connectivity index (χ4n) is 3.42. The summed E-state index contributed by atoms with van der Waals surface area (Å²) < 4.78 is 11.0. The van der Waals surface area contributed by atoms with Gasteiger partial charge in [-0.2, -0.15) is 0 Å². The number of benzene rings is 3. The molecular formula is C23H22ClNO2. The third-order valence-corrected chi connectivity index (χ3v) is 5.11. The fourth-order valence-corrected chi connectivity index (χ4v) is 3.55. The van der Waals surface area contributed by atoms with Gasteiger partial charge in [-0.05, 0) is 53.9 Å². The van der Waals surface area contributed by atoms with Crippen molar-refractivity contribution < 1.29 is 9.47 Å². The third kappa shape index (κ3) is 4.44. The van der Waals surface area contributed by atoms with E-state index in [4.69, 9.17) is 21.1 Å². The van der Waals surface area contributed by atoms with Crippen molar-refractivity contribution >= 4 is 11.6 Å². The molecule has 4 heteroatoms. The predicted octanol–water partition coefficient (Wildman–Crippen LogP) is 5.38. The van der Waals surface area contributed by atoms with Crippen molar-refractivity contribution in [1.29, 1.82) is 0 Å². The monoisotopic (exact) mass is 379 g/mol. The summed E-state index contributed by atoms with van der Waals surface area (Å²) in [5.74, 6) is 1.97. The Bertz CT molecular complexity index is 881. The average Bonchev–Trinajstić information content (AvgIpc) is 3.18. The van der Waals surface area contributed by atoms with Gasteiger partial charge in [0, 0.05) is 17.5 Å². The largest absolute Gasteiger partial charge is 0.454 e. The van der Waals surface area contributed by atoms with Crippen LogP contribution in [0.4, 0.5) is 0 Å². The van der Waals surface area contributed by atoms with Crippen LogP contribution in [0.15, 0.2) is 72.8 Å². The van der Waals surface area contributed by atoms with Crippen LogP contribution in [0.25, 0.3) is 0 Å². The first kappa shape index (κ1) is 17.9. The zero-order valence-corrected chi connectivity index (χ0v) is 15.8. The molecule has 0 radical (unpaired) electrons. The van der Waals surface area contributed by atoms with E-state index in [9.17, 15) is 0 Å². The van der Waals surface area contributed by atoms with Gasteiger partial charge in [-0.25, -0.2) is 0 Å². The fraction of sp³-hybridized carbons (Fsp3) is 0.217. The van der Waals surface area contributed by atoms with Gasteiger partial charge >= 0.3 is 0 Å². The van der Waals surface area contributed by atoms with Crippen molar-refractivity contribution in [3.8, 4) is 11.5 Å². The van der Waals surface area contributed by atoms with E-state index in [1.807, 2.05) is 18.2 Å². The van der Waals surface area contributed by atoms with E-state index in [2.05, 4.69) is 59.9 Å². The molecule has 1 aliphatic heterocycles. The van der Waals surface area contributed by atoms with Crippen LogP contribution in [0.1, 0.15) is 29.0 Å². The topological polar surface area (TPSA) is 30.5 Å². The van der Waals surface area contributed by atoms with Gasteiger partial charge in [-0.15, -0.1) is 0 Å². The van der Waals surface area contributed by atoms with Crippen LogP contribution < -0.4 is 14.8 Å². The van der Waals surface area contributed by atoms with Gasteiger partial charge in [0.05, 0.1) is 0 Å². The summed E-state index contributed by atoms with van der Waals surface area (Å²) in [7, 11) is 0. The highest BCUT2D eigenvalue weighted by molar-refractivity contribution is 6.30. The SMILES string of the molecule is Clc1ccc(CNCCC(c2ccccc2)c2ccc3c(c2)OCO3)cc1. The summed E-state index contributed by atoms with van der Waals surface area (Å²) in [5, 5.41) is 4.31. The van der Waals surface area contributed by atoms with E-state index in [-0.39, 0.29) is 0 Å². The van der Waals surface area contributed by atoms with Crippen molar-refractivity contribution in [1.82, 2.24) is 5.32 Å². The van der Waals surface area contributed by atoms with Crippen LogP contribution in [0, 0.1) is 0 Å². The van der Waals surface area contributed by atoms with E-state index in [0.29, 0.717) is 12.7 Å². The highest BCUT2D eigenvalue weighted by Gasteiger charge is 2.19. The van der Waals surface area contributed by atoms with Crippen molar-refractivity contribution in [2.75, 3.05) is 13.3 Å². The zero-order chi connectivity index (χ0) is 18.5. The van der Waals surface area contributed by atoms with Crippen molar-refractivity contribution in [3.05, 3.63) is 94.5 Å². The first-order chi connectivity index (χ1) is 13.3. The summed E-state index contributed by atoms with van der Waals surface area (Å²) in [5.41, 5.74) is 3.79. The Hall–Kier alpha value is -2.49. The molecule has 0 aliphatic carbocycles. The maximum absolute atomic E-state index is 5.95. The molecule has 0 spiro atoms. The Morgan fingerprint density at radius 3 is 2.44 bits per heavy atom. The number of nitrogens with one attached hydrogen (secondary N) is 1. The summed E-state index contributed by atoms with van der Waals surface area (Å²) in [6.45, 7) is 2.05. The van der Waals surface area contributed by atoms with E-state index < -0.39 is 0 Å². The standard InChI is InChI=1S/C23H22ClNO2/c24-20-9-6-17(7-10-20)15-25-13-12-21(18-4-2-1-3-5-18)19-8-11-22-23(14-19)27-16-26-22/h1-11,14,21,25H,12-13,15-16H2. The van der Waals surface area contributed by atoms with Crippen LogP contribution >= 0.6 is 11.6 Å². The Labute approximate surface area is 164 Å². The minimum absolute atomic E-state index is 0.303. The zero-order valence-electron chi connectivity index (χ0n) is 15.0. The molecule has 1 heterocycles. The molecule has 1 aliphatic rings. The minimum Gasteiger partial charge on any atom is -0.454 e. The molecule has 138 valence electrons. The van der Waals surface area contributed by atoms with Crippen LogP contribution in [0.3, 0.4) is 0 Å². The smallest absolute Gasteiger partial charge is 0.231 e. The number of halogens is 1. The Kier molecular flexibility index (Phi) is 5.61. The lowest BCUT2D eigenvalue weighted by molar-refractivity contribution is 0.174. The summed E-state index contributed by atoms with van der Waals surface area (Å²) in [6, 6.07) is 24.9. The molecule has 3 nitrogen and oxygen atoms in total. The molecule has 3 aromatic carbocycles. The normalized spacial score (nSPS) is 13.5. The van der Waals surface area contributed by atoms with Gasteiger partial charge in [0.15, 0.2) is 11.5 Å². The second-order valence-electron chi connectivity index (χ2n) is 6.67. The summed E-state index contributed by atoms with van der Waals surface area (Å²) >= 11 is 5.95. The second-order valence-corrected chi connectivity index (χ2v) is 7.10. The summed E-state index contributed by atoms with van der Waals surface area (Å²) in [4.78, 5) is 0. The molecule has 1 unspecified atom stereocenters. The third-order valence-electron chi connectivity index (χ3n) is 4.85. The van der Waals surface area contributed by atoms with Crippen molar-refractivity contribution in [2.45, 2.75) is 18.9 Å². The number of fused-ring (bicyclic) bond motifs is 1. The molecule has 0 bridgehead atoms. The first-order valence-electron chi connectivity index (χ1n) is 9.19. The predicted molar refractivity (Wildman–Crippen MR) is 109 cm³/mol. The van der Waals surface area contributed by atoms with Crippen molar-refractivity contribution in [3.63, 3.8) is 0 Å². The van der Waals surface area contributed by atoms with Crippen LogP contribution in [-0.4, -0.2) is 13.3 Å². The molecule has 0 amide bonds. The van der Waals surface area contributed by atoms with E-state index >= 15 is 0 Å². The Balaban J connectivity index is 1.45. The van der Waals surface area contributed by atoms with Crippen LogP contribution in [0.5, 0.6) is 11.5 Å². The lowest BCUT2D eigenvalue weighted by atomic mass is 9.88. The van der Waals surface area contributed by atoms with Gasteiger partial charge in [-0.1, -0.05) is 60.1 Å². The molecule has 0 fully saturated rings. The molecule has 1 atom stereocenters. The average molecular weight is 380 g/mol. The summed E-state index contributed by atoms with van der Waals surface area (Å²) in [6.07, 6.45) is 0.997. The quantitative estimate of drug-likeness (QED) is 0.559. The maximum Gasteiger partial charge on any atom is 0.231 e. The highest BCUT2D eigenvalue weighted by atomic mass is 35.5. The molecule has 0 aromatic heterocycles. The van der Waals surface area contributed by atoms with Crippen molar-refractivity contribution in [2.24, 2.45) is 0 Å². The molecule has 4 rings (SSSR count). The van der Waals surface area contributed by atoms with Gasteiger partial charge in [-0.3, -0.25) is 0 Å². The maximum atomic E-state index is 5.95. The highest BCUT2D eigenvalue weighted by Crippen LogP contribution is 2.37. The lowest BCUT2D eigenvalue weighted by Crippen LogP contribution is -2.17. The molecular weight excluding hydrogens is 358 g/mol. The molecule has 0 saturated carbocycles.